The van der Waals surface area contributed by atoms with E-state index in [0.29, 0.717) is 16.1 Å². The number of hydrogen-bond donors (Lipinski definition) is 0. The molecule has 2 saturated heterocycles. The molecule has 1 atom stereocenters. The van der Waals surface area contributed by atoms with Gasteiger partial charge in [-0.15, -0.1) is 23.5 Å². The first-order chi connectivity index (χ1) is 14.1. The predicted molar refractivity (Wildman–Crippen MR) is 113 cm³/mol. The third-order valence-electron chi connectivity index (χ3n) is 4.89. The summed E-state index contributed by atoms with van der Waals surface area (Å²) < 4.78 is 25.3. The number of methoxy groups -OCH3 is 1. The van der Waals surface area contributed by atoms with Crippen molar-refractivity contribution in [2.45, 2.75) is 11.0 Å². The van der Waals surface area contributed by atoms with Crippen LogP contribution in [0.25, 0.3) is 0 Å². The summed E-state index contributed by atoms with van der Waals surface area (Å²) in [7, 11) is 1.53. The van der Waals surface area contributed by atoms with Crippen LogP contribution in [0, 0.1) is 11.7 Å². The lowest BCUT2D eigenvalue weighted by Crippen LogP contribution is -2.28. The largest absolute Gasteiger partial charge is 0.493 e. The van der Waals surface area contributed by atoms with E-state index in [9.17, 15) is 14.0 Å². The van der Waals surface area contributed by atoms with Crippen LogP contribution >= 0.6 is 23.5 Å². The number of carbonyl (C=O) groups is 2. The lowest BCUT2D eigenvalue weighted by molar-refractivity contribution is -0.139. The molecule has 0 saturated carbocycles. The Bertz CT molecular complexity index is 933. The van der Waals surface area contributed by atoms with Gasteiger partial charge in [0.1, 0.15) is 5.82 Å². The zero-order chi connectivity index (χ0) is 20.4. The Morgan fingerprint density at radius 1 is 1.14 bits per heavy atom. The van der Waals surface area contributed by atoms with Crippen LogP contribution in [-0.2, 0) is 9.59 Å². The summed E-state index contributed by atoms with van der Waals surface area (Å²) in [5.74, 6) is 1.07. The van der Waals surface area contributed by atoms with Crippen LogP contribution in [0.2, 0.25) is 0 Å². The third kappa shape index (κ3) is 4.23. The molecule has 0 aromatic heterocycles. The van der Waals surface area contributed by atoms with Crippen LogP contribution in [-0.4, -0.2) is 37.0 Å². The van der Waals surface area contributed by atoms with Crippen LogP contribution in [0.3, 0.4) is 0 Å². The zero-order valence-corrected chi connectivity index (χ0v) is 17.4. The van der Waals surface area contributed by atoms with Crippen molar-refractivity contribution in [3.05, 3.63) is 53.8 Å². The molecule has 1 amide bonds. The van der Waals surface area contributed by atoms with Gasteiger partial charge in [-0.25, -0.2) is 4.39 Å². The number of esters is 1. The minimum atomic E-state index is -0.660. The van der Waals surface area contributed by atoms with Gasteiger partial charge in [0, 0.05) is 24.5 Å². The van der Waals surface area contributed by atoms with Crippen molar-refractivity contribution in [1.29, 1.82) is 0 Å². The molecule has 2 aliphatic rings. The molecular formula is C21H20FNO4S2. The van der Waals surface area contributed by atoms with E-state index in [1.54, 1.807) is 18.2 Å². The molecule has 5 nitrogen and oxygen atoms in total. The SMILES string of the molecule is COc1cc(C2SCCS2)ccc1OC(=O)[C@@H]1CC(=O)N(c2ccccc2F)C1. The lowest BCUT2D eigenvalue weighted by Gasteiger charge is -2.17. The molecular weight excluding hydrogens is 413 g/mol. The summed E-state index contributed by atoms with van der Waals surface area (Å²) in [6, 6.07) is 11.6. The summed E-state index contributed by atoms with van der Waals surface area (Å²) in [6.07, 6.45) is -0.0110. The van der Waals surface area contributed by atoms with E-state index in [4.69, 9.17) is 9.47 Å². The van der Waals surface area contributed by atoms with Gasteiger partial charge in [-0.1, -0.05) is 18.2 Å². The molecule has 0 aliphatic carbocycles. The predicted octanol–water partition coefficient (Wildman–Crippen LogP) is 4.27. The van der Waals surface area contributed by atoms with E-state index in [0.717, 1.165) is 17.1 Å². The number of nitrogens with zero attached hydrogens (tertiary/aromatic N) is 1. The van der Waals surface area contributed by atoms with E-state index in [2.05, 4.69) is 0 Å². The zero-order valence-electron chi connectivity index (χ0n) is 15.8. The molecule has 0 spiro atoms. The Kier molecular flexibility index (Phi) is 6.01. The first-order valence-corrected chi connectivity index (χ1v) is 11.3. The number of hydrogen-bond acceptors (Lipinski definition) is 6. The molecule has 2 aliphatic heterocycles. The van der Waals surface area contributed by atoms with E-state index in [-0.39, 0.29) is 24.6 Å². The molecule has 4 rings (SSSR count). The minimum Gasteiger partial charge on any atom is -0.493 e. The second kappa shape index (κ2) is 8.67. The van der Waals surface area contributed by atoms with Crippen LogP contribution in [0.1, 0.15) is 16.6 Å². The maximum absolute atomic E-state index is 14.0. The van der Waals surface area contributed by atoms with Crippen LogP contribution in [0.15, 0.2) is 42.5 Å². The summed E-state index contributed by atoms with van der Waals surface area (Å²) in [4.78, 5) is 26.3. The summed E-state index contributed by atoms with van der Waals surface area (Å²) in [6.45, 7) is 0.0916. The molecule has 0 bridgehead atoms. The Morgan fingerprint density at radius 3 is 2.62 bits per heavy atom. The molecule has 2 aromatic carbocycles. The highest BCUT2D eigenvalue weighted by Crippen LogP contribution is 2.47. The fraction of sp³-hybridized carbons (Fsp3) is 0.333. The van der Waals surface area contributed by atoms with E-state index >= 15 is 0 Å². The average Bonchev–Trinajstić information content (AvgIpc) is 3.39. The van der Waals surface area contributed by atoms with Crippen LogP contribution < -0.4 is 14.4 Å². The van der Waals surface area contributed by atoms with Gasteiger partial charge in [0.25, 0.3) is 0 Å². The van der Waals surface area contributed by atoms with Crippen molar-refractivity contribution in [2.24, 2.45) is 5.92 Å². The molecule has 2 aromatic rings. The second-order valence-electron chi connectivity index (χ2n) is 6.76. The molecule has 2 fully saturated rings. The highest BCUT2D eigenvalue weighted by molar-refractivity contribution is 8.19. The van der Waals surface area contributed by atoms with E-state index < -0.39 is 17.7 Å². The Hall–Kier alpha value is -2.19. The first-order valence-electron chi connectivity index (χ1n) is 9.24. The molecule has 0 radical (unpaired) electrons. The maximum atomic E-state index is 14.0. The normalized spacial score (nSPS) is 19.6. The van der Waals surface area contributed by atoms with Gasteiger partial charge in [0.15, 0.2) is 11.5 Å². The van der Waals surface area contributed by atoms with Crippen LogP contribution in [0.4, 0.5) is 10.1 Å². The quantitative estimate of drug-likeness (QED) is 0.519. The maximum Gasteiger partial charge on any atom is 0.316 e. The summed E-state index contributed by atoms with van der Waals surface area (Å²) in [5.41, 5.74) is 1.30. The van der Waals surface area contributed by atoms with Crippen molar-refractivity contribution in [2.75, 3.05) is 30.1 Å². The van der Waals surface area contributed by atoms with E-state index in [1.165, 1.54) is 24.1 Å². The van der Waals surface area contributed by atoms with Gasteiger partial charge in [-0.3, -0.25) is 9.59 Å². The number of para-hydroxylation sites is 1. The van der Waals surface area contributed by atoms with Gasteiger partial charge >= 0.3 is 5.97 Å². The Balaban J connectivity index is 1.47. The Labute approximate surface area is 176 Å². The summed E-state index contributed by atoms with van der Waals surface area (Å²) in [5, 5.41) is 0. The minimum absolute atomic E-state index is 0.0110. The number of amides is 1. The number of thioether (sulfide) groups is 2. The fourth-order valence-electron chi connectivity index (χ4n) is 3.43. The number of ether oxygens (including phenoxy) is 2. The molecule has 29 heavy (non-hydrogen) atoms. The number of anilines is 1. The van der Waals surface area contributed by atoms with E-state index in [1.807, 2.05) is 35.7 Å². The summed E-state index contributed by atoms with van der Waals surface area (Å²) >= 11 is 3.76. The standard InChI is InChI=1S/C21H20FNO4S2/c1-26-18-10-13(21-28-8-9-29-21)6-7-17(18)27-20(25)14-11-19(24)23(12-14)16-5-3-2-4-15(16)22/h2-7,10,14,21H,8-9,11-12H2,1H3/t14-/m1/s1. The van der Waals surface area contributed by atoms with Gasteiger partial charge in [-0.05, 0) is 29.8 Å². The van der Waals surface area contributed by atoms with Crippen molar-refractivity contribution in [1.82, 2.24) is 0 Å². The number of benzene rings is 2. The average molecular weight is 434 g/mol. The molecule has 8 heteroatoms. The molecule has 152 valence electrons. The lowest BCUT2D eigenvalue weighted by atomic mass is 10.1. The number of carbonyl (C=O) groups excluding carboxylic acids is 2. The highest BCUT2D eigenvalue weighted by Gasteiger charge is 2.37. The van der Waals surface area contributed by atoms with Crippen molar-refractivity contribution in [3.8, 4) is 11.5 Å². The number of halogens is 1. The van der Waals surface area contributed by atoms with Crippen molar-refractivity contribution < 1.29 is 23.5 Å². The highest BCUT2D eigenvalue weighted by atomic mass is 32.2. The van der Waals surface area contributed by atoms with Crippen molar-refractivity contribution in [3.63, 3.8) is 0 Å². The topological polar surface area (TPSA) is 55.8 Å². The molecule has 0 N–H and O–H groups in total. The second-order valence-corrected chi connectivity index (χ2v) is 9.49. The number of rotatable bonds is 5. The molecule has 0 unspecified atom stereocenters. The van der Waals surface area contributed by atoms with Gasteiger partial charge in [0.05, 0.1) is 23.3 Å². The van der Waals surface area contributed by atoms with Gasteiger partial charge < -0.3 is 14.4 Å². The monoisotopic (exact) mass is 433 g/mol. The van der Waals surface area contributed by atoms with Crippen molar-refractivity contribution >= 4 is 41.1 Å². The fourth-order valence-corrected chi connectivity index (χ4v) is 6.26. The Morgan fingerprint density at radius 2 is 1.90 bits per heavy atom. The first kappa shape index (κ1) is 20.1. The smallest absolute Gasteiger partial charge is 0.316 e. The third-order valence-corrected chi connectivity index (χ3v) is 8.00. The molecule has 2 heterocycles. The van der Waals surface area contributed by atoms with Crippen LogP contribution in [0.5, 0.6) is 11.5 Å². The van der Waals surface area contributed by atoms with Gasteiger partial charge in [-0.2, -0.15) is 0 Å². The van der Waals surface area contributed by atoms with Gasteiger partial charge in [0.2, 0.25) is 5.91 Å².